The lowest BCUT2D eigenvalue weighted by atomic mass is 10.0. The fraction of sp³-hybridized carbons (Fsp3) is 0.310. The predicted molar refractivity (Wildman–Crippen MR) is 156 cm³/mol. The van der Waals surface area contributed by atoms with Crippen molar-refractivity contribution in [1.29, 1.82) is 0 Å². The molecule has 4 heterocycles. The van der Waals surface area contributed by atoms with Gasteiger partial charge in [-0.15, -0.1) is 10.2 Å². The average Bonchev–Trinajstić information content (AvgIpc) is 3.73. The van der Waals surface area contributed by atoms with Crippen LogP contribution in [0.1, 0.15) is 12.8 Å². The van der Waals surface area contributed by atoms with Crippen molar-refractivity contribution >= 4 is 45.6 Å². The molecule has 1 aliphatic heterocycles. The van der Waals surface area contributed by atoms with E-state index in [2.05, 4.69) is 54.6 Å². The molecule has 1 N–H and O–H groups in total. The fourth-order valence-electron chi connectivity index (χ4n) is 5.43. The zero-order valence-corrected chi connectivity index (χ0v) is 23.1. The Labute approximate surface area is 236 Å². The minimum absolute atomic E-state index is 0.458. The van der Waals surface area contributed by atoms with Gasteiger partial charge in [0.15, 0.2) is 11.3 Å². The van der Waals surface area contributed by atoms with Gasteiger partial charge in [-0.05, 0) is 49.2 Å². The number of anilines is 3. The molecule has 0 amide bonds. The Morgan fingerprint density at radius 3 is 2.45 bits per heavy atom. The van der Waals surface area contributed by atoms with Crippen molar-refractivity contribution in [3.8, 4) is 22.6 Å². The Hall–Kier alpha value is -4.15. The standard InChI is InChI=1S/C29H29ClN8O2/c1-39-22-14-23(26(30)25(15-22)40-2)24-13-18-16-31-29(34-27(18)38-17-32-35-28(24)38)33-19-3-5-20(6-4-19)36-9-11-37(12-10-36)21-7-8-21/h3-6,13-17,21H,7-12H2,1-2H3,(H,31,33,34). The van der Waals surface area contributed by atoms with E-state index in [4.69, 9.17) is 26.1 Å². The first-order valence-corrected chi connectivity index (χ1v) is 13.8. The van der Waals surface area contributed by atoms with Gasteiger partial charge in [0, 0.05) is 72.4 Å². The summed E-state index contributed by atoms with van der Waals surface area (Å²) in [6.07, 6.45) is 6.16. The highest BCUT2D eigenvalue weighted by molar-refractivity contribution is 6.35. The van der Waals surface area contributed by atoms with Gasteiger partial charge in [0.2, 0.25) is 5.95 Å². The van der Waals surface area contributed by atoms with E-state index in [1.807, 2.05) is 16.5 Å². The molecule has 2 aromatic carbocycles. The summed E-state index contributed by atoms with van der Waals surface area (Å²) < 4.78 is 12.8. The SMILES string of the molecule is COc1cc(OC)c(Cl)c(-c2cc3cnc(Nc4ccc(N5CCN(C6CC6)CC5)cc4)nc3n3cnnc23)c1. The van der Waals surface area contributed by atoms with Crippen molar-refractivity contribution in [3.63, 3.8) is 0 Å². The molecule has 0 spiro atoms. The summed E-state index contributed by atoms with van der Waals surface area (Å²) in [6, 6.07) is 14.9. The maximum absolute atomic E-state index is 6.70. The molecule has 0 bridgehead atoms. The lowest BCUT2D eigenvalue weighted by Crippen LogP contribution is -2.47. The topological polar surface area (TPSA) is 92.9 Å². The number of aromatic nitrogens is 5. The molecule has 0 radical (unpaired) electrons. The molecular formula is C29H29ClN8O2. The second kappa shape index (κ2) is 10.1. The van der Waals surface area contributed by atoms with Gasteiger partial charge in [0.1, 0.15) is 17.8 Å². The Balaban J connectivity index is 1.16. The number of pyridine rings is 1. The van der Waals surface area contributed by atoms with Crippen LogP contribution in [-0.2, 0) is 0 Å². The molecule has 1 saturated carbocycles. The number of rotatable bonds is 7. The molecular weight excluding hydrogens is 528 g/mol. The van der Waals surface area contributed by atoms with Gasteiger partial charge < -0.3 is 19.7 Å². The molecule has 7 rings (SSSR count). The van der Waals surface area contributed by atoms with Crippen molar-refractivity contribution < 1.29 is 9.47 Å². The quantitative estimate of drug-likeness (QED) is 0.296. The van der Waals surface area contributed by atoms with Crippen molar-refractivity contribution in [2.75, 3.05) is 50.6 Å². The highest BCUT2D eigenvalue weighted by Gasteiger charge is 2.31. The molecule has 40 heavy (non-hydrogen) atoms. The van der Waals surface area contributed by atoms with Crippen LogP contribution in [0.2, 0.25) is 5.02 Å². The van der Waals surface area contributed by atoms with Crippen LogP contribution >= 0.6 is 11.6 Å². The molecule has 0 unspecified atom stereocenters. The number of halogens is 1. The number of benzene rings is 2. The summed E-state index contributed by atoms with van der Waals surface area (Å²) in [5.41, 5.74) is 4.94. The van der Waals surface area contributed by atoms with Crippen molar-refractivity contribution in [2.24, 2.45) is 0 Å². The third-order valence-electron chi connectivity index (χ3n) is 7.74. The number of nitrogens with zero attached hydrogens (tertiary/aromatic N) is 7. The van der Waals surface area contributed by atoms with Gasteiger partial charge in [-0.3, -0.25) is 9.30 Å². The lowest BCUT2D eigenvalue weighted by Gasteiger charge is -2.36. The van der Waals surface area contributed by atoms with Crippen LogP contribution in [0.15, 0.2) is 55.0 Å². The van der Waals surface area contributed by atoms with Crippen LogP contribution in [0, 0.1) is 0 Å². The van der Waals surface area contributed by atoms with E-state index >= 15 is 0 Å². The number of piperazine rings is 1. The first-order valence-electron chi connectivity index (χ1n) is 13.4. The number of nitrogens with one attached hydrogen (secondary N) is 1. The normalized spacial score (nSPS) is 16.0. The van der Waals surface area contributed by atoms with Crippen LogP contribution in [0.25, 0.3) is 27.8 Å². The average molecular weight is 557 g/mol. The van der Waals surface area contributed by atoms with Crippen LogP contribution in [0.4, 0.5) is 17.3 Å². The van der Waals surface area contributed by atoms with Gasteiger partial charge in [0.05, 0.1) is 19.2 Å². The molecule has 0 atom stereocenters. The first-order chi connectivity index (χ1) is 19.6. The van der Waals surface area contributed by atoms with Crippen molar-refractivity contribution in [3.05, 3.63) is 60.0 Å². The molecule has 1 aliphatic carbocycles. The monoisotopic (exact) mass is 556 g/mol. The zero-order valence-electron chi connectivity index (χ0n) is 22.3. The zero-order chi connectivity index (χ0) is 27.2. The van der Waals surface area contributed by atoms with Crippen molar-refractivity contribution in [2.45, 2.75) is 18.9 Å². The number of fused-ring (bicyclic) bond motifs is 3. The van der Waals surface area contributed by atoms with Gasteiger partial charge in [-0.2, -0.15) is 4.98 Å². The second-order valence-electron chi connectivity index (χ2n) is 10.2. The Kier molecular flexibility index (Phi) is 6.28. The predicted octanol–water partition coefficient (Wildman–Crippen LogP) is 5.04. The maximum Gasteiger partial charge on any atom is 0.229 e. The highest BCUT2D eigenvalue weighted by atomic mass is 35.5. The Bertz CT molecular complexity index is 1690. The number of hydrogen-bond acceptors (Lipinski definition) is 9. The third kappa shape index (κ3) is 4.52. The molecule has 3 aromatic heterocycles. The van der Waals surface area contributed by atoms with Crippen LogP contribution in [0.3, 0.4) is 0 Å². The summed E-state index contributed by atoms with van der Waals surface area (Å²) in [5, 5.41) is 13.1. The van der Waals surface area contributed by atoms with Crippen LogP contribution in [0.5, 0.6) is 11.5 Å². The van der Waals surface area contributed by atoms with E-state index in [-0.39, 0.29) is 0 Å². The van der Waals surface area contributed by atoms with E-state index in [1.165, 1.54) is 18.5 Å². The van der Waals surface area contributed by atoms with Gasteiger partial charge in [-0.25, -0.2) is 4.98 Å². The van der Waals surface area contributed by atoms with Gasteiger partial charge in [0.25, 0.3) is 0 Å². The number of hydrogen-bond donors (Lipinski definition) is 1. The molecule has 1 saturated heterocycles. The third-order valence-corrected chi connectivity index (χ3v) is 8.13. The summed E-state index contributed by atoms with van der Waals surface area (Å²) in [5.74, 6) is 1.62. The highest BCUT2D eigenvalue weighted by Crippen LogP contribution is 2.41. The second-order valence-corrected chi connectivity index (χ2v) is 10.6. The van der Waals surface area contributed by atoms with Gasteiger partial charge in [-0.1, -0.05) is 11.6 Å². The van der Waals surface area contributed by atoms with Gasteiger partial charge >= 0.3 is 0 Å². The van der Waals surface area contributed by atoms with E-state index in [0.717, 1.165) is 48.9 Å². The molecule has 2 aliphatic rings. The first kappa shape index (κ1) is 24.9. The number of methoxy groups -OCH3 is 2. The van der Waals surface area contributed by atoms with E-state index < -0.39 is 0 Å². The van der Waals surface area contributed by atoms with Crippen LogP contribution < -0.4 is 19.7 Å². The molecule has 11 heteroatoms. The van der Waals surface area contributed by atoms with E-state index in [9.17, 15) is 0 Å². The summed E-state index contributed by atoms with van der Waals surface area (Å²) in [4.78, 5) is 14.5. The minimum atomic E-state index is 0.458. The largest absolute Gasteiger partial charge is 0.497 e. The Morgan fingerprint density at radius 2 is 1.73 bits per heavy atom. The molecule has 2 fully saturated rings. The fourth-order valence-corrected chi connectivity index (χ4v) is 5.72. The molecule has 204 valence electrons. The summed E-state index contributed by atoms with van der Waals surface area (Å²) in [6.45, 7) is 4.43. The van der Waals surface area contributed by atoms with E-state index in [0.29, 0.717) is 39.3 Å². The smallest absolute Gasteiger partial charge is 0.229 e. The molecule has 10 nitrogen and oxygen atoms in total. The van der Waals surface area contributed by atoms with Crippen molar-refractivity contribution in [1.82, 2.24) is 29.5 Å². The summed E-state index contributed by atoms with van der Waals surface area (Å²) in [7, 11) is 3.18. The molecule has 5 aromatic rings. The lowest BCUT2D eigenvalue weighted by molar-refractivity contribution is 0.248. The van der Waals surface area contributed by atoms with Crippen LogP contribution in [-0.4, -0.2) is 75.9 Å². The van der Waals surface area contributed by atoms with E-state index in [1.54, 1.807) is 32.8 Å². The minimum Gasteiger partial charge on any atom is -0.497 e. The summed E-state index contributed by atoms with van der Waals surface area (Å²) >= 11 is 6.70. The Morgan fingerprint density at radius 1 is 0.925 bits per heavy atom. The maximum atomic E-state index is 6.70. The number of ether oxygens (including phenoxy) is 2.